The van der Waals surface area contributed by atoms with E-state index in [0.29, 0.717) is 11.8 Å². The second-order valence-corrected chi connectivity index (χ2v) is 5.27. The number of aliphatic carboxylic acids is 1. The van der Waals surface area contributed by atoms with Gasteiger partial charge in [0.1, 0.15) is 0 Å². The third-order valence-electron chi connectivity index (χ3n) is 3.24. The van der Waals surface area contributed by atoms with E-state index in [4.69, 9.17) is 5.11 Å². The van der Waals surface area contributed by atoms with Crippen molar-refractivity contribution in [2.45, 2.75) is 6.18 Å². The van der Waals surface area contributed by atoms with Crippen molar-refractivity contribution in [3.63, 3.8) is 0 Å². The first kappa shape index (κ1) is 19.7. The first-order valence-corrected chi connectivity index (χ1v) is 7.46. The van der Waals surface area contributed by atoms with Gasteiger partial charge < -0.3 is 15.7 Å². The van der Waals surface area contributed by atoms with Crippen LogP contribution in [-0.4, -0.2) is 22.9 Å². The Bertz CT molecular complexity index is 890. The molecular formula is C18H13F3N2O4. The number of carbonyl (C=O) groups is 3. The van der Waals surface area contributed by atoms with Gasteiger partial charge in [-0.2, -0.15) is 13.2 Å². The first-order valence-electron chi connectivity index (χ1n) is 7.46. The summed E-state index contributed by atoms with van der Waals surface area (Å²) < 4.78 is 38.1. The number of amides is 2. The summed E-state index contributed by atoms with van der Waals surface area (Å²) in [6.45, 7) is 0. The highest BCUT2D eigenvalue weighted by atomic mass is 19.4. The number of anilines is 2. The van der Waals surface area contributed by atoms with Gasteiger partial charge in [-0.05, 0) is 42.5 Å². The number of benzene rings is 2. The van der Waals surface area contributed by atoms with Gasteiger partial charge in [-0.25, -0.2) is 4.79 Å². The Morgan fingerprint density at radius 3 is 2.15 bits per heavy atom. The molecule has 0 aliphatic heterocycles. The van der Waals surface area contributed by atoms with Gasteiger partial charge in [-0.3, -0.25) is 9.59 Å². The van der Waals surface area contributed by atoms with Gasteiger partial charge in [0, 0.05) is 29.1 Å². The van der Waals surface area contributed by atoms with Crippen LogP contribution in [0, 0.1) is 0 Å². The highest BCUT2D eigenvalue weighted by molar-refractivity contribution is 6.05. The van der Waals surface area contributed by atoms with Crippen molar-refractivity contribution >= 4 is 29.2 Å². The molecule has 2 aromatic rings. The first-order chi connectivity index (χ1) is 12.6. The number of alkyl halides is 3. The maximum Gasteiger partial charge on any atom is 0.416 e. The highest BCUT2D eigenvalue weighted by Crippen LogP contribution is 2.30. The molecule has 0 atom stereocenters. The normalized spacial score (nSPS) is 11.2. The van der Waals surface area contributed by atoms with Crippen LogP contribution in [-0.2, 0) is 15.8 Å². The van der Waals surface area contributed by atoms with Crippen molar-refractivity contribution < 1.29 is 32.7 Å². The van der Waals surface area contributed by atoms with Crippen LogP contribution in [0.4, 0.5) is 24.5 Å². The van der Waals surface area contributed by atoms with E-state index in [9.17, 15) is 27.6 Å². The van der Waals surface area contributed by atoms with E-state index in [0.717, 1.165) is 18.2 Å². The molecule has 3 N–H and O–H groups in total. The number of carbonyl (C=O) groups excluding carboxylic acids is 2. The van der Waals surface area contributed by atoms with Gasteiger partial charge in [0.05, 0.1) is 5.56 Å². The number of carboxylic acid groups (broad SMARTS) is 1. The quantitative estimate of drug-likeness (QED) is 0.694. The summed E-state index contributed by atoms with van der Waals surface area (Å²) in [7, 11) is 0. The van der Waals surface area contributed by atoms with E-state index in [1.807, 2.05) is 0 Å². The molecule has 0 unspecified atom stereocenters. The molecule has 140 valence electrons. The monoisotopic (exact) mass is 378 g/mol. The van der Waals surface area contributed by atoms with Gasteiger partial charge >= 0.3 is 12.1 Å². The molecule has 0 heterocycles. The maximum absolute atomic E-state index is 12.7. The Hall–Kier alpha value is -3.62. The van der Waals surface area contributed by atoms with E-state index in [1.54, 1.807) is 0 Å². The van der Waals surface area contributed by atoms with E-state index in [2.05, 4.69) is 10.6 Å². The smallest absolute Gasteiger partial charge is 0.416 e. The van der Waals surface area contributed by atoms with Crippen LogP contribution < -0.4 is 10.6 Å². The molecule has 0 aromatic heterocycles. The second-order valence-electron chi connectivity index (χ2n) is 5.27. The van der Waals surface area contributed by atoms with Crippen LogP contribution in [0.15, 0.2) is 60.7 Å². The van der Waals surface area contributed by atoms with Gasteiger partial charge in [-0.15, -0.1) is 0 Å². The molecule has 0 fully saturated rings. The zero-order valence-electron chi connectivity index (χ0n) is 13.6. The molecule has 0 saturated carbocycles. The predicted octanol–water partition coefficient (Wildman–Crippen LogP) is 3.54. The number of halogens is 3. The summed E-state index contributed by atoms with van der Waals surface area (Å²) in [5.74, 6) is -2.57. The number of rotatable bonds is 5. The maximum atomic E-state index is 12.7. The van der Waals surface area contributed by atoms with Gasteiger partial charge in [0.2, 0.25) is 5.91 Å². The second kappa shape index (κ2) is 8.17. The summed E-state index contributed by atoms with van der Waals surface area (Å²) in [5.41, 5.74) is -0.420. The minimum atomic E-state index is -4.52. The largest absolute Gasteiger partial charge is 0.478 e. The van der Waals surface area contributed by atoms with E-state index in [1.165, 1.54) is 36.4 Å². The lowest BCUT2D eigenvalue weighted by atomic mass is 10.1. The van der Waals surface area contributed by atoms with E-state index in [-0.39, 0.29) is 11.3 Å². The lowest BCUT2D eigenvalue weighted by molar-refractivity contribution is -0.137. The number of hydrogen-bond donors (Lipinski definition) is 3. The van der Waals surface area contributed by atoms with Crippen LogP contribution >= 0.6 is 0 Å². The van der Waals surface area contributed by atoms with Crippen molar-refractivity contribution in [3.05, 3.63) is 71.8 Å². The minimum absolute atomic E-state index is 0.00832. The predicted molar refractivity (Wildman–Crippen MR) is 91.2 cm³/mol. The average molecular weight is 378 g/mol. The third kappa shape index (κ3) is 5.99. The molecule has 0 saturated heterocycles. The highest BCUT2D eigenvalue weighted by Gasteiger charge is 2.30. The molecule has 0 spiro atoms. The minimum Gasteiger partial charge on any atom is -0.478 e. The zero-order valence-corrected chi connectivity index (χ0v) is 13.6. The number of nitrogens with one attached hydrogen (secondary N) is 2. The summed E-state index contributed by atoms with van der Waals surface area (Å²) in [5, 5.41) is 13.2. The summed E-state index contributed by atoms with van der Waals surface area (Å²) in [6.07, 6.45) is -3.02. The topological polar surface area (TPSA) is 95.5 Å². The lowest BCUT2D eigenvalue weighted by Gasteiger charge is -2.10. The van der Waals surface area contributed by atoms with Crippen molar-refractivity contribution in [1.82, 2.24) is 0 Å². The zero-order chi connectivity index (χ0) is 20.0. The van der Waals surface area contributed by atoms with E-state index < -0.39 is 29.5 Å². The SMILES string of the molecule is O=C(O)/C=C/C(=O)Nc1ccc(C(=O)Nc2cccc(C(F)(F)F)c2)cc1. The van der Waals surface area contributed by atoms with Crippen molar-refractivity contribution in [1.29, 1.82) is 0 Å². The number of carboxylic acids is 1. The molecule has 0 aliphatic carbocycles. The number of hydrogen-bond acceptors (Lipinski definition) is 3. The summed E-state index contributed by atoms with van der Waals surface area (Å²) in [6, 6.07) is 9.74. The molecule has 0 aliphatic rings. The molecule has 0 bridgehead atoms. The third-order valence-corrected chi connectivity index (χ3v) is 3.24. The molecule has 9 heteroatoms. The molecule has 2 aromatic carbocycles. The van der Waals surface area contributed by atoms with Crippen LogP contribution in [0.1, 0.15) is 15.9 Å². The van der Waals surface area contributed by atoms with Crippen molar-refractivity contribution in [2.75, 3.05) is 10.6 Å². The molecule has 6 nitrogen and oxygen atoms in total. The van der Waals surface area contributed by atoms with Gasteiger partial charge in [-0.1, -0.05) is 6.07 Å². The molecule has 2 rings (SSSR count). The Morgan fingerprint density at radius 2 is 1.56 bits per heavy atom. The van der Waals surface area contributed by atoms with E-state index >= 15 is 0 Å². The van der Waals surface area contributed by atoms with Crippen LogP contribution in [0.2, 0.25) is 0 Å². The fourth-order valence-corrected chi connectivity index (χ4v) is 2.01. The molecular weight excluding hydrogens is 365 g/mol. The van der Waals surface area contributed by atoms with Crippen LogP contribution in [0.5, 0.6) is 0 Å². The van der Waals surface area contributed by atoms with Crippen molar-refractivity contribution in [2.24, 2.45) is 0 Å². The fraction of sp³-hybridized carbons (Fsp3) is 0.0556. The molecule has 2 amide bonds. The van der Waals surface area contributed by atoms with Gasteiger partial charge in [0.15, 0.2) is 0 Å². The Balaban J connectivity index is 2.04. The Labute approximate surface area is 151 Å². The Morgan fingerprint density at radius 1 is 0.889 bits per heavy atom. The summed E-state index contributed by atoms with van der Waals surface area (Å²) in [4.78, 5) is 33.9. The van der Waals surface area contributed by atoms with Crippen LogP contribution in [0.25, 0.3) is 0 Å². The standard InChI is InChI=1S/C18H13F3N2O4/c19-18(20,21)12-2-1-3-14(10-12)23-17(27)11-4-6-13(7-5-11)22-15(24)8-9-16(25)26/h1-10H,(H,22,24)(H,23,27)(H,25,26)/b9-8+. The van der Waals surface area contributed by atoms with Crippen molar-refractivity contribution in [3.8, 4) is 0 Å². The van der Waals surface area contributed by atoms with Gasteiger partial charge in [0.25, 0.3) is 5.91 Å². The summed E-state index contributed by atoms with van der Waals surface area (Å²) >= 11 is 0. The molecule has 27 heavy (non-hydrogen) atoms. The van der Waals surface area contributed by atoms with Crippen LogP contribution in [0.3, 0.4) is 0 Å². The fourth-order valence-electron chi connectivity index (χ4n) is 2.01. The Kier molecular flexibility index (Phi) is 5.96. The lowest BCUT2D eigenvalue weighted by Crippen LogP contribution is -2.13. The average Bonchev–Trinajstić information content (AvgIpc) is 2.60. The molecule has 0 radical (unpaired) electrons.